The van der Waals surface area contributed by atoms with Crippen molar-refractivity contribution >= 4 is 11.7 Å². The lowest BCUT2D eigenvalue weighted by Crippen LogP contribution is -2.35. The van der Waals surface area contributed by atoms with Gasteiger partial charge < -0.3 is 15.0 Å². The molecule has 2 aromatic heterocycles. The molecule has 0 aliphatic rings. The Morgan fingerprint density at radius 1 is 1.04 bits per heavy atom. The van der Waals surface area contributed by atoms with Gasteiger partial charge in [0, 0.05) is 18.4 Å². The van der Waals surface area contributed by atoms with Crippen LogP contribution in [0.2, 0.25) is 0 Å². The monoisotopic (exact) mass is 336 g/mol. The fourth-order valence-corrected chi connectivity index (χ4v) is 3.17. The number of benzene rings is 1. The number of urea groups is 1. The zero-order valence-electron chi connectivity index (χ0n) is 15.2. The highest BCUT2D eigenvalue weighted by Crippen LogP contribution is 2.16. The quantitative estimate of drug-likeness (QED) is 0.765. The zero-order chi connectivity index (χ0) is 18.0. The Balaban J connectivity index is 1.58. The molecule has 0 aliphatic carbocycles. The first-order chi connectivity index (χ1) is 11.9. The molecule has 3 aromatic rings. The van der Waals surface area contributed by atoms with Crippen LogP contribution in [0, 0.1) is 27.7 Å². The molecule has 5 heteroatoms. The van der Waals surface area contributed by atoms with Crippen LogP contribution in [0.1, 0.15) is 33.6 Å². The van der Waals surface area contributed by atoms with Gasteiger partial charge in [0.1, 0.15) is 5.65 Å². The number of nitrogens with zero attached hydrogens (tertiary/aromatic N) is 2. The standard InChI is InChI=1S/C20H24N4O/c1-13-8-14(2)18(15(3)9-13)11-22-20(25)21-10-17-12-24-16(4)6-5-7-19(24)23-17/h5-9,12H,10-11H2,1-4H3,(H2,21,22,25). The van der Waals surface area contributed by atoms with E-state index < -0.39 is 0 Å². The summed E-state index contributed by atoms with van der Waals surface area (Å²) in [6, 6.07) is 10.1. The lowest BCUT2D eigenvalue weighted by atomic mass is 10.00. The maximum absolute atomic E-state index is 12.1. The summed E-state index contributed by atoms with van der Waals surface area (Å²) < 4.78 is 2.02. The summed E-state index contributed by atoms with van der Waals surface area (Å²) in [5, 5.41) is 5.80. The number of aryl methyl sites for hydroxylation is 4. The number of carbonyl (C=O) groups excluding carboxylic acids is 1. The lowest BCUT2D eigenvalue weighted by Gasteiger charge is -2.12. The minimum absolute atomic E-state index is 0.187. The van der Waals surface area contributed by atoms with Gasteiger partial charge in [0.15, 0.2) is 0 Å². The topological polar surface area (TPSA) is 58.4 Å². The van der Waals surface area contributed by atoms with Crippen molar-refractivity contribution in [3.63, 3.8) is 0 Å². The summed E-state index contributed by atoms with van der Waals surface area (Å²) in [5.41, 5.74) is 7.66. The molecular formula is C20H24N4O. The molecule has 1 aromatic carbocycles. The Hall–Kier alpha value is -2.82. The van der Waals surface area contributed by atoms with E-state index in [1.807, 2.05) is 35.7 Å². The van der Waals surface area contributed by atoms with E-state index in [9.17, 15) is 4.79 Å². The molecule has 0 atom stereocenters. The molecule has 2 N–H and O–H groups in total. The molecule has 5 nitrogen and oxygen atoms in total. The molecule has 0 fully saturated rings. The molecule has 130 valence electrons. The van der Waals surface area contributed by atoms with Gasteiger partial charge in [-0.2, -0.15) is 0 Å². The predicted octanol–water partition coefficient (Wildman–Crippen LogP) is 3.57. The Bertz CT molecular complexity index is 904. The molecule has 0 radical (unpaired) electrons. The average Bonchev–Trinajstić information content (AvgIpc) is 2.96. The number of amides is 2. The molecular weight excluding hydrogens is 312 g/mol. The first kappa shape index (κ1) is 17.0. The van der Waals surface area contributed by atoms with Crippen molar-refractivity contribution in [2.75, 3.05) is 0 Å². The first-order valence-electron chi connectivity index (χ1n) is 8.46. The fraction of sp³-hybridized carbons (Fsp3) is 0.300. The second-order valence-electron chi connectivity index (χ2n) is 6.54. The van der Waals surface area contributed by atoms with E-state index in [1.165, 1.54) is 22.3 Å². The third-order valence-corrected chi connectivity index (χ3v) is 4.44. The number of pyridine rings is 1. The van der Waals surface area contributed by atoms with Gasteiger partial charge in [-0.3, -0.25) is 0 Å². The van der Waals surface area contributed by atoms with Crippen molar-refractivity contribution in [1.29, 1.82) is 0 Å². The summed E-state index contributed by atoms with van der Waals surface area (Å²) in [4.78, 5) is 16.6. The molecule has 2 amide bonds. The van der Waals surface area contributed by atoms with E-state index in [0.717, 1.165) is 17.0 Å². The van der Waals surface area contributed by atoms with Crippen molar-refractivity contribution in [3.05, 3.63) is 70.2 Å². The van der Waals surface area contributed by atoms with Gasteiger partial charge in [-0.05, 0) is 56.5 Å². The largest absolute Gasteiger partial charge is 0.334 e. The number of nitrogens with one attached hydrogen (secondary N) is 2. The number of aromatic nitrogens is 2. The molecule has 3 rings (SSSR count). The molecule has 25 heavy (non-hydrogen) atoms. The van der Waals surface area contributed by atoms with Gasteiger partial charge in [-0.25, -0.2) is 9.78 Å². The van der Waals surface area contributed by atoms with Gasteiger partial charge in [0.25, 0.3) is 0 Å². The summed E-state index contributed by atoms with van der Waals surface area (Å²) in [6.07, 6.45) is 1.96. The van der Waals surface area contributed by atoms with Crippen LogP contribution in [0.25, 0.3) is 5.65 Å². The van der Waals surface area contributed by atoms with Gasteiger partial charge in [-0.1, -0.05) is 23.8 Å². The average molecular weight is 336 g/mol. The Labute approximate surface area is 148 Å². The van der Waals surface area contributed by atoms with Crippen LogP contribution in [0.4, 0.5) is 4.79 Å². The summed E-state index contributed by atoms with van der Waals surface area (Å²) in [5.74, 6) is 0. The van der Waals surface area contributed by atoms with Crippen LogP contribution < -0.4 is 10.6 Å². The SMILES string of the molecule is Cc1cc(C)c(CNC(=O)NCc2cn3c(C)cccc3n2)c(C)c1. The summed E-state index contributed by atoms with van der Waals surface area (Å²) in [7, 11) is 0. The molecule has 0 aliphatic heterocycles. The summed E-state index contributed by atoms with van der Waals surface area (Å²) >= 11 is 0. The van der Waals surface area contributed by atoms with Crippen molar-refractivity contribution in [2.24, 2.45) is 0 Å². The van der Waals surface area contributed by atoms with Crippen LogP contribution in [0.3, 0.4) is 0 Å². The highest BCUT2D eigenvalue weighted by Gasteiger charge is 2.08. The Morgan fingerprint density at radius 2 is 1.72 bits per heavy atom. The van der Waals surface area contributed by atoms with Gasteiger partial charge in [0.05, 0.1) is 12.2 Å². The minimum atomic E-state index is -0.187. The van der Waals surface area contributed by atoms with Crippen LogP contribution in [0.15, 0.2) is 36.5 Å². The van der Waals surface area contributed by atoms with Crippen LogP contribution in [0.5, 0.6) is 0 Å². The highest BCUT2D eigenvalue weighted by molar-refractivity contribution is 5.73. The second kappa shape index (κ2) is 6.97. The van der Waals surface area contributed by atoms with Crippen molar-refractivity contribution in [3.8, 4) is 0 Å². The Kier molecular flexibility index (Phi) is 4.74. The number of rotatable bonds is 4. The van der Waals surface area contributed by atoms with Crippen molar-refractivity contribution in [1.82, 2.24) is 20.0 Å². The normalized spacial score (nSPS) is 10.9. The third kappa shape index (κ3) is 3.82. The molecule has 0 unspecified atom stereocenters. The molecule has 0 saturated heterocycles. The molecule has 0 saturated carbocycles. The lowest BCUT2D eigenvalue weighted by molar-refractivity contribution is 0.240. The van der Waals surface area contributed by atoms with Crippen LogP contribution >= 0.6 is 0 Å². The maximum atomic E-state index is 12.1. The van der Waals surface area contributed by atoms with Crippen molar-refractivity contribution in [2.45, 2.75) is 40.8 Å². The smallest absolute Gasteiger partial charge is 0.315 e. The highest BCUT2D eigenvalue weighted by atomic mass is 16.2. The second-order valence-corrected chi connectivity index (χ2v) is 6.54. The first-order valence-corrected chi connectivity index (χ1v) is 8.46. The zero-order valence-corrected chi connectivity index (χ0v) is 15.2. The van der Waals surface area contributed by atoms with Crippen LogP contribution in [-0.2, 0) is 13.1 Å². The van der Waals surface area contributed by atoms with Crippen molar-refractivity contribution < 1.29 is 4.79 Å². The molecule has 0 spiro atoms. The van der Waals surface area contributed by atoms with Gasteiger partial charge in [-0.15, -0.1) is 0 Å². The summed E-state index contributed by atoms with van der Waals surface area (Å²) in [6.45, 7) is 9.19. The Morgan fingerprint density at radius 3 is 2.40 bits per heavy atom. The van der Waals surface area contributed by atoms with E-state index in [4.69, 9.17) is 0 Å². The van der Waals surface area contributed by atoms with Crippen LogP contribution in [-0.4, -0.2) is 15.4 Å². The number of carbonyl (C=O) groups is 1. The number of hydrogen-bond acceptors (Lipinski definition) is 2. The van der Waals surface area contributed by atoms with Gasteiger partial charge >= 0.3 is 6.03 Å². The van der Waals surface area contributed by atoms with E-state index in [-0.39, 0.29) is 6.03 Å². The van der Waals surface area contributed by atoms with Gasteiger partial charge in [0.2, 0.25) is 0 Å². The van der Waals surface area contributed by atoms with E-state index in [0.29, 0.717) is 13.1 Å². The minimum Gasteiger partial charge on any atom is -0.334 e. The number of hydrogen-bond donors (Lipinski definition) is 2. The molecule has 2 heterocycles. The fourth-order valence-electron chi connectivity index (χ4n) is 3.17. The molecule has 0 bridgehead atoms. The third-order valence-electron chi connectivity index (χ3n) is 4.44. The predicted molar refractivity (Wildman–Crippen MR) is 99.7 cm³/mol. The maximum Gasteiger partial charge on any atom is 0.315 e. The van der Waals surface area contributed by atoms with E-state index in [2.05, 4.69) is 48.5 Å². The van der Waals surface area contributed by atoms with E-state index in [1.54, 1.807) is 0 Å². The van der Waals surface area contributed by atoms with E-state index >= 15 is 0 Å². The number of imidazole rings is 1. The number of fused-ring (bicyclic) bond motifs is 1.